The molecule has 2 rings (SSSR count). The van der Waals surface area contributed by atoms with Crippen LogP contribution >= 0.6 is 34.8 Å². The fourth-order valence-corrected chi connectivity index (χ4v) is 2.30. The normalized spacial score (nSPS) is 11.8. The number of nitrogens with one attached hydrogen (secondary N) is 1. The lowest BCUT2D eigenvalue weighted by Gasteiger charge is -2.18. The van der Waals surface area contributed by atoms with Crippen molar-refractivity contribution in [3.63, 3.8) is 0 Å². The average Bonchev–Trinajstić information content (AvgIpc) is 2.62. The maximum atomic E-state index is 12.5. The van der Waals surface area contributed by atoms with Gasteiger partial charge in [-0.2, -0.15) is 0 Å². The van der Waals surface area contributed by atoms with Crippen LogP contribution in [0.1, 0.15) is 0 Å². The largest absolute Gasteiger partial charge is 0.495 e. The number of rotatable bonds is 6. The monoisotopic (exact) mass is 400 g/mol. The van der Waals surface area contributed by atoms with Crippen molar-refractivity contribution in [2.24, 2.45) is 4.99 Å². The van der Waals surface area contributed by atoms with Gasteiger partial charge < -0.3 is 14.8 Å². The van der Waals surface area contributed by atoms with Crippen LogP contribution in [0.4, 0.5) is 11.4 Å². The number of para-hydroxylation sites is 4. The molecule has 25 heavy (non-hydrogen) atoms. The quantitative estimate of drug-likeness (QED) is 0.559. The standard InChI is InChI=1S/C17H15Cl3N2O3/c1-24-13-9-5-3-7-11(13)21-15(18)17(19,20)16(23)22-12-8-4-6-10-14(12)25-2/h3-10H,1-2H3,(H,22,23)/b21-15-. The Kier molecular flexibility index (Phi) is 6.53. The summed E-state index contributed by atoms with van der Waals surface area (Å²) in [6, 6.07) is 13.7. The molecule has 1 amide bonds. The number of benzene rings is 2. The second-order valence-corrected chi connectivity index (χ2v) is 6.49. The zero-order valence-electron chi connectivity index (χ0n) is 13.4. The van der Waals surface area contributed by atoms with E-state index in [2.05, 4.69) is 10.3 Å². The summed E-state index contributed by atoms with van der Waals surface area (Å²) < 4.78 is 8.25. The number of alkyl halides is 2. The van der Waals surface area contributed by atoms with Crippen molar-refractivity contribution in [2.45, 2.75) is 4.33 Å². The van der Waals surface area contributed by atoms with Crippen molar-refractivity contribution in [2.75, 3.05) is 19.5 Å². The molecule has 0 heterocycles. The molecule has 0 saturated heterocycles. The van der Waals surface area contributed by atoms with Gasteiger partial charge in [0, 0.05) is 0 Å². The Labute approximate surface area is 160 Å². The molecule has 1 N–H and O–H groups in total. The van der Waals surface area contributed by atoms with Crippen LogP contribution < -0.4 is 14.8 Å². The maximum absolute atomic E-state index is 12.5. The van der Waals surface area contributed by atoms with Crippen LogP contribution in [0.3, 0.4) is 0 Å². The van der Waals surface area contributed by atoms with E-state index in [-0.39, 0.29) is 5.17 Å². The zero-order chi connectivity index (χ0) is 18.4. The molecule has 132 valence electrons. The molecule has 0 unspecified atom stereocenters. The number of carbonyl (C=O) groups excluding carboxylic acids is 1. The Hall–Kier alpha value is -1.95. The van der Waals surface area contributed by atoms with E-state index in [1.54, 1.807) is 48.5 Å². The Morgan fingerprint density at radius 3 is 2.20 bits per heavy atom. The fraction of sp³-hybridized carbons (Fsp3) is 0.176. The first-order chi connectivity index (χ1) is 11.9. The highest BCUT2D eigenvalue weighted by molar-refractivity contribution is 6.85. The number of hydrogen-bond acceptors (Lipinski definition) is 4. The van der Waals surface area contributed by atoms with Gasteiger partial charge in [0.15, 0.2) is 5.17 Å². The molecule has 0 aromatic heterocycles. The molecular formula is C17H15Cl3N2O3. The van der Waals surface area contributed by atoms with Crippen LogP contribution in [-0.2, 0) is 4.79 Å². The van der Waals surface area contributed by atoms with Crippen molar-refractivity contribution >= 4 is 57.3 Å². The minimum absolute atomic E-state index is 0.312. The number of halogens is 3. The molecule has 8 heteroatoms. The first-order valence-corrected chi connectivity index (χ1v) is 8.23. The Bertz CT molecular complexity index is 794. The van der Waals surface area contributed by atoms with Gasteiger partial charge in [-0.05, 0) is 24.3 Å². The van der Waals surface area contributed by atoms with E-state index in [1.165, 1.54) is 14.2 Å². The molecule has 0 aliphatic heterocycles. The molecule has 2 aromatic rings. The van der Waals surface area contributed by atoms with E-state index in [9.17, 15) is 4.79 Å². The lowest BCUT2D eigenvalue weighted by Crippen LogP contribution is -2.37. The minimum Gasteiger partial charge on any atom is -0.495 e. The van der Waals surface area contributed by atoms with Crippen LogP contribution in [0.25, 0.3) is 0 Å². The van der Waals surface area contributed by atoms with E-state index < -0.39 is 10.2 Å². The van der Waals surface area contributed by atoms with Gasteiger partial charge >= 0.3 is 0 Å². The molecule has 2 aromatic carbocycles. The van der Waals surface area contributed by atoms with E-state index in [1.807, 2.05) is 0 Å². The van der Waals surface area contributed by atoms with Gasteiger partial charge in [0.25, 0.3) is 5.91 Å². The number of carbonyl (C=O) groups is 1. The number of amides is 1. The number of ether oxygens (including phenoxy) is 2. The summed E-state index contributed by atoms with van der Waals surface area (Å²) in [5.41, 5.74) is 0.799. The van der Waals surface area contributed by atoms with Crippen LogP contribution in [0.15, 0.2) is 53.5 Å². The second kappa shape index (κ2) is 8.43. The Morgan fingerprint density at radius 1 is 1.00 bits per heavy atom. The smallest absolute Gasteiger partial charge is 0.268 e. The minimum atomic E-state index is -2.09. The summed E-state index contributed by atoms with van der Waals surface area (Å²) in [6.07, 6.45) is 0. The number of aliphatic imine (C=N–C) groups is 1. The first-order valence-electron chi connectivity index (χ1n) is 7.10. The van der Waals surface area contributed by atoms with Crippen molar-refractivity contribution in [3.05, 3.63) is 48.5 Å². The van der Waals surface area contributed by atoms with Gasteiger partial charge in [0.2, 0.25) is 4.33 Å². The average molecular weight is 402 g/mol. The van der Waals surface area contributed by atoms with Crippen LogP contribution in [-0.4, -0.2) is 29.6 Å². The van der Waals surface area contributed by atoms with E-state index in [4.69, 9.17) is 44.3 Å². The van der Waals surface area contributed by atoms with Crippen LogP contribution in [0, 0.1) is 0 Å². The summed E-state index contributed by atoms with van der Waals surface area (Å²) in [5.74, 6) is 0.164. The van der Waals surface area contributed by atoms with Crippen LogP contribution in [0.5, 0.6) is 11.5 Å². The van der Waals surface area contributed by atoms with E-state index in [0.717, 1.165) is 0 Å². The van der Waals surface area contributed by atoms with Gasteiger partial charge in [-0.3, -0.25) is 4.79 Å². The Balaban J connectivity index is 2.27. The molecule has 0 fully saturated rings. The Morgan fingerprint density at radius 2 is 1.56 bits per heavy atom. The molecule has 0 spiro atoms. The topological polar surface area (TPSA) is 59.9 Å². The third-order valence-electron chi connectivity index (χ3n) is 3.20. The molecule has 0 aliphatic rings. The predicted octanol–water partition coefficient (Wildman–Crippen LogP) is 4.79. The highest BCUT2D eigenvalue weighted by atomic mass is 35.5. The van der Waals surface area contributed by atoms with Gasteiger partial charge in [0.1, 0.15) is 17.2 Å². The van der Waals surface area contributed by atoms with Gasteiger partial charge in [-0.15, -0.1) is 0 Å². The third-order valence-corrected chi connectivity index (χ3v) is 4.47. The van der Waals surface area contributed by atoms with E-state index in [0.29, 0.717) is 22.9 Å². The highest BCUT2D eigenvalue weighted by Gasteiger charge is 2.39. The SMILES string of the molecule is COc1ccccc1/N=C(\Cl)C(Cl)(Cl)C(=O)Nc1ccccc1OC. The molecule has 0 saturated carbocycles. The van der Waals surface area contributed by atoms with Gasteiger partial charge in [-0.1, -0.05) is 59.1 Å². The maximum Gasteiger partial charge on any atom is 0.268 e. The lowest BCUT2D eigenvalue weighted by atomic mass is 10.2. The van der Waals surface area contributed by atoms with Crippen LogP contribution in [0.2, 0.25) is 0 Å². The van der Waals surface area contributed by atoms with Crippen molar-refractivity contribution in [1.82, 2.24) is 0 Å². The molecule has 0 atom stereocenters. The molecule has 0 radical (unpaired) electrons. The highest BCUT2D eigenvalue weighted by Crippen LogP contribution is 2.34. The summed E-state index contributed by atoms with van der Waals surface area (Å²) in [5, 5.41) is 2.26. The lowest BCUT2D eigenvalue weighted by molar-refractivity contribution is -0.115. The molecule has 5 nitrogen and oxygen atoms in total. The summed E-state index contributed by atoms with van der Waals surface area (Å²) in [6.45, 7) is 0. The van der Waals surface area contributed by atoms with Gasteiger partial charge in [-0.25, -0.2) is 4.99 Å². The number of nitrogens with zero attached hydrogens (tertiary/aromatic N) is 1. The van der Waals surface area contributed by atoms with Gasteiger partial charge in [0.05, 0.1) is 19.9 Å². The first kappa shape index (κ1) is 19.4. The fourth-order valence-electron chi connectivity index (χ4n) is 1.94. The van der Waals surface area contributed by atoms with Crippen molar-refractivity contribution in [1.29, 1.82) is 0 Å². The number of hydrogen-bond donors (Lipinski definition) is 1. The zero-order valence-corrected chi connectivity index (χ0v) is 15.7. The molecule has 0 aliphatic carbocycles. The molecule has 0 bridgehead atoms. The summed E-state index contributed by atoms with van der Waals surface area (Å²) in [4.78, 5) is 16.6. The summed E-state index contributed by atoms with van der Waals surface area (Å²) in [7, 11) is 2.97. The number of methoxy groups -OCH3 is 2. The third kappa shape index (κ3) is 4.57. The van der Waals surface area contributed by atoms with E-state index >= 15 is 0 Å². The predicted molar refractivity (Wildman–Crippen MR) is 102 cm³/mol. The van der Waals surface area contributed by atoms with Crippen molar-refractivity contribution in [3.8, 4) is 11.5 Å². The number of anilines is 1. The van der Waals surface area contributed by atoms with Crippen molar-refractivity contribution < 1.29 is 14.3 Å². The summed E-state index contributed by atoms with van der Waals surface area (Å²) >= 11 is 18.4. The second-order valence-electron chi connectivity index (χ2n) is 4.80. The molecular weight excluding hydrogens is 387 g/mol.